The Labute approximate surface area is 150 Å². The third-order valence-corrected chi connectivity index (χ3v) is 4.64. The molecule has 1 N–H and O–H groups in total. The van der Waals surface area contributed by atoms with E-state index >= 15 is 0 Å². The number of aryl methyl sites for hydroxylation is 1. The first-order valence-corrected chi connectivity index (χ1v) is 9.21. The summed E-state index contributed by atoms with van der Waals surface area (Å²) in [4.78, 5) is 10.8. The lowest BCUT2D eigenvalue weighted by atomic mass is 9.92. The predicted molar refractivity (Wildman–Crippen MR) is 99.9 cm³/mol. The van der Waals surface area contributed by atoms with E-state index in [0.717, 1.165) is 42.0 Å². The fraction of sp³-hybridized carbons (Fsp3) is 0.550. The lowest BCUT2D eigenvalue weighted by Crippen LogP contribution is -2.11. The lowest BCUT2D eigenvalue weighted by Gasteiger charge is -2.13. The van der Waals surface area contributed by atoms with Crippen LogP contribution >= 0.6 is 11.6 Å². The van der Waals surface area contributed by atoms with Crippen LogP contribution in [0.25, 0.3) is 0 Å². The second-order valence-electron chi connectivity index (χ2n) is 5.93. The van der Waals surface area contributed by atoms with Crippen molar-refractivity contribution in [3.63, 3.8) is 0 Å². The second-order valence-corrected chi connectivity index (χ2v) is 6.34. The number of halogens is 1. The molecule has 2 rings (SSSR count). The maximum absolute atomic E-state index is 10.8. The minimum absolute atomic E-state index is 0.285. The highest BCUT2D eigenvalue weighted by Gasteiger charge is 2.26. The molecule has 0 radical (unpaired) electrons. The lowest BCUT2D eigenvalue weighted by molar-refractivity contribution is -0.138. The van der Waals surface area contributed by atoms with Gasteiger partial charge >= 0.3 is 5.97 Å². The maximum Gasteiger partial charge on any atom is 0.303 e. The van der Waals surface area contributed by atoms with E-state index in [2.05, 4.69) is 12.2 Å². The van der Waals surface area contributed by atoms with Crippen molar-refractivity contribution in [3.05, 3.63) is 40.9 Å². The molecule has 0 heterocycles. The topological polar surface area (TPSA) is 46.5 Å². The van der Waals surface area contributed by atoms with Gasteiger partial charge in [-0.1, -0.05) is 50.1 Å². The van der Waals surface area contributed by atoms with Gasteiger partial charge in [0.2, 0.25) is 0 Å². The number of rotatable bonds is 7. The number of hydrogen-bond acceptors (Lipinski definition) is 2. The fourth-order valence-corrected chi connectivity index (χ4v) is 3.15. The molecule has 2 atom stereocenters. The Balaban J connectivity index is 0.00000139. The molecule has 1 fully saturated rings. The molecule has 3 nitrogen and oxygen atoms in total. The van der Waals surface area contributed by atoms with E-state index in [1.165, 1.54) is 0 Å². The molecule has 1 saturated carbocycles. The number of ether oxygens (including phenoxy) is 1. The van der Waals surface area contributed by atoms with Crippen LogP contribution in [-0.4, -0.2) is 17.7 Å². The number of carbonyl (C=O) groups is 1. The molecule has 0 bridgehead atoms. The molecule has 1 aliphatic rings. The van der Waals surface area contributed by atoms with E-state index in [0.29, 0.717) is 18.4 Å². The Morgan fingerprint density at radius 1 is 1.38 bits per heavy atom. The summed E-state index contributed by atoms with van der Waals surface area (Å²) in [6.07, 6.45) is 8.65. The van der Waals surface area contributed by atoms with Crippen LogP contribution in [0.15, 0.2) is 30.4 Å². The molecule has 0 saturated heterocycles. The average molecular weight is 353 g/mol. The molecular weight excluding hydrogens is 324 g/mol. The Morgan fingerprint density at radius 2 is 2.12 bits per heavy atom. The Hall–Kier alpha value is -1.48. The number of carboxylic acids is 1. The largest absolute Gasteiger partial charge is 0.493 e. The second kappa shape index (κ2) is 11.1. The smallest absolute Gasteiger partial charge is 0.303 e. The Morgan fingerprint density at radius 3 is 2.79 bits per heavy atom. The average Bonchev–Trinajstić information content (AvgIpc) is 2.99. The Bertz CT molecular complexity index is 540. The van der Waals surface area contributed by atoms with E-state index in [1.54, 1.807) is 0 Å². The van der Waals surface area contributed by atoms with Crippen molar-refractivity contribution in [2.45, 2.75) is 52.9 Å². The molecule has 1 aromatic rings. The van der Waals surface area contributed by atoms with Gasteiger partial charge in [0.05, 0.1) is 6.61 Å². The molecule has 1 aliphatic carbocycles. The van der Waals surface area contributed by atoms with Crippen LogP contribution in [0.2, 0.25) is 5.02 Å². The van der Waals surface area contributed by atoms with Gasteiger partial charge in [-0.2, -0.15) is 0 Å². The van der Waals surface area contributed by atoms with E-state index in [9.17, 15) is 4.79 Å². The molecule has 0 aromatic heterocycles. The monoisotopic (exact) mass is 352 g/mol. The normalized spacial score (nSPS) is 19.8. The van der Waals surface area contributed by atoms with Gasteiger partial charge in [0.1, 0.15) is 5.75 Å². The van der Waals surface area contributed by atoms with Gasteiger partial charge in [-0.3, -0.25) is 4.79 Å². The summed E-state index contributed by atoms with van der Waals surface area (Å²) in [5.74, 6) is 0.800. The van der Waals surface area contributed by atoms with Gasteiger partial charge in [0.15, 0.2) is 0 Å². The Kier molecular flexibility index (Phi) is 9.55. The number of allylic oxidation sites excluding steroid dienone is 1. The summed E-state index contributed by atoms with van der Waals surface area (Å²) in [5, 5.41) is 9.63. The molecule has 0 amide bonds. The van der Waals surface area contributed by atoms with Gasteiger partial charge < -0.3 is 9.84 Å². The van der Waals surface area contributed by atoms with Crippen LogP contribution in [-0.2, 0) is 4.79 Å². The van der Waals surface area contributed by atoms with Crippen molar-refractivity contribution < 1.29 is 14.6 Å². The number of benzene rings is 1. The van der Waals surface area contributed by atoms with Crippen LogP contribution in [0, 0.1) is 18.8 Å². The van der Waals surface area contributed by atoms with Crippen molar-refractivity contribution in [1.82, 2.24) is 0 Å². The van der Waals surface area contributed by atoms with Crippen LogP contribution in [0.3, 0.4) is 0 Å². The molecule has 24 heavy (non-hydrogen) atoms. The summed E-state index contributed by atoms with van der Waals surface area (Å²) in [6, 6.07) is 5.70. The van der Waals surface area contributed by atoms with E-state index in [1.807, 2.05) is 39.0 Å². The first-order chi connectivity index (χ1) is 11.6. The quantitative estimate of drug-likeness (QED) is 0.491. The SMILES string of the molecule is CC.Cc1ccc(OCC/C=C/C2CCC[C@@H]2CC(=O)O)cc1Cl. The fourth-order valence-electron chi connectivity index (χ4n) is 2.98. The number of hydrogen-bond donors (Lipinski definition) is 1. The van der Waals surface area contributed by atoms with Gasteiger partial charge in [-0.15, -0.1) is 0 Å². The maximum atomic E-state index is 10.8. The highest BCUT2D eigenvalue weighted by molar-refractivity contribution is 6.31. The van der Waals surface area contributed by atoms with Crippen LogP contribution in [0.5, 0.6) is 5.75 Å². The van der Waals surface area contributed by atoms with Gasteiger partial charge in [0, 0.05) is 11.4 Å². The van der Waals surface area contributed by atoms with Gasteiger partial charge in [0.25, 0.3) is 0 Å². The molecular formula is C20H29ClO3. The van der Waals surface area contributed by atoms with Crippen LogP contribution in [0.1, 0.15) is 51.5 Å². The van der Waals surface area contributed by atoms with Crippen molar-refractivity contribution in [1.29, 1.82) is 0 Å². The third-order valence-electron chi connectivity index (χ3n) is 4.23. The zero-order valence-electron chi connectivity index (χ0n) is 14.9. The number of aliphatic carboxylic acids is 1. The minimum atomic E-state index is -0.690. The van der Waals surface area contributed by atoms with Crippen molar-refractivity contribution >= 4 is 17.6 Å². The van der Waals surface area contributed by atoms with E-state index in [-0.39, 0.29) is 6.42 Å². The molecule has 134 valence electrons. The summed E-state index contributed by atoms with van der Waals surface area (Å²) in [6.45, 7) is 6.57. The summed E-state index contributed by atoms with van der Waals surface area (Å²) in [7, 11) is 0. The summed E-state index contributed by atoms with van der Waals surface area (Å²) < 4.78 is 5.67. The zero-order valence-corrected chi connectivity index (χ0v) is 15.7. The molecule has 4 heteroatoms. The van der Waals surface area contributed by atoms with Gasteiger partial charge in [-0.05, 0) is 55.7 Å². The van der Waals surface area contributed by atoms with Crippen molar-refractivity contribution in [3.8, 4) is 5.75 Å². The summed E-state index contributed by atoms with van der Waals surface area (Å²) >= 11 is 6.06. The molecule has 0 aliphatic heterocycles. The first kappa shape index (κ1) is 20.6. The van der Waals surface area contributed by atoms with Crippen LogP contribution in [0.4, 0.5) is 0 Å². The predicted octanol–water partition coefficient (Wildman–Crippen LogP) is 5.89. The first-order valence-electron chi connectivity index (χ1n) is 8.83. The molecule has 0 spiro atoms. The van der Waals surface area contributed by atoms with Crippen molar-refractivity contribution in [2.24, 2.45) is 11.8 Å². The zero-order chi connectivity index (χ0) is 17.9. The van der Waals surface area contributed by atoms with Gasteiger partial charge in [-0.25, -0.2) is 0 Å². The highest BCUT2D eigenvalue weighted by Crippen LogP contribution is 2.35. The van der Waals surface area contributed by atoms with E-state index < -0.39 is 5.97 Å². The minimum Gasteiger partial charge on any atom is -0.493 e. The molecule has 1 unspecified atom stereocenters. The van der Waals surface area contributed by atoms with E-state index in [4.69, 9.17) is 21.4 Å². The molecule has 1 aromatic carbocycles. The highest BCUT2D eigenvalue weighted by atomic mass is 35.5. The summed E-state index contributed by atoms with van der Waals surface area (Å²) in [5.41, 5.74) is 1.04. The number of carboxylic acid groups (broad SMARTS) is 1. The standard InChI is InChI=1S/C18H23ClO3.C2H6/c1-13-8-9-16(12-17(13)19)22-10-3-2-5-14-6-4-7-15(14)11-18(20)21;1-2/h2,5,8-9,12,14-15H,3-4,6-7,10-11H2,1H3,(H,20,21);1-2H3/b5-2+;/t14?,15-;/m1./s1. The third kappa shape index (κ3) is 6.96. The van der Waals surface area contributed by atoms with Crippen LogP contribution < -0.4 is 4.74 Å². The van der Waals surface area contributed by atoms with Crippen molar-refractivity contribution in [2.75, 3.05) is 6.61 Å².